The van der Waals surface area contributed by atoms with Crippen LogP contribution in [-0.4, -0.2) is 77.3 Å². The predicted molar refractivity (Wildman–Crippen MR) is 170 cm³/mol. The van der Waals surface area contributed by atoms with E-state index in [-0.39, 0.29) is 17.6 Å². The van der Waals surface area contributed by atoms with Crippen molar-refractivity contribution in [2.75, 3.05) is 30.4 Å². The van der Waals surface area contributed by atoms with Crippen LogP contribution in [0.1, 0.15) is 18.7 Å². The summed E-state index contributed by atoms with van der Waals surface area (Å²) in [6, 6.07) is 14.7. The molecule has 232 valence electrons. The van der Waals surface area contributed by atoms with E-state index in [1.54, 1.807) is 11.1 Å². The first-order valence-electron chi connectivity index (χ1n) is 15.2. The van der Waals surface area contributed by atoms with Gasteiger partial charge in [-0.2, -0.15) is 5.10 Å². The van der Waals surface area contributed by atoms with Gasteiger partial charge in [0.2, 0.25) is 5.91 Å². The SMILES string of the molecule is Cc1nc2cccc3c2n1CCCN(C)C(=O)C1CC(CN1c1ncnc2c1cnn2-c1ccc(F)cc1F)Nc1cccc-3n1. The zero-order valence-corrected chi connectivity index (χ0v) is 25.2. The zero-order valence-electron chi connectivity index (χ0n) is 25.2. The lowest BCUT2D eigenvalue weighted by Gasteiger charge is -2.29. The van der Waals surface area contributed by atoms with Gasteiger partial charge in [0.1, 0.15) is 41.3 Å². The molecular weight excluding hydrogens is 590 g/mol. The first kappa shape index (κ1) is 28.0. The number of nitrogens with zero attached hydrogens (tertiary/aromatic N) is 9. The molecule has 13 heteroatoms. The summed E-state index contributed by atoms with van der Waals surface area (Å²) in [7, 11) is 1.83. The number of imidazole rings is 1. The maximum atomic E-state index is 14.7. The van der Waals surface area contributed by atoms with E-state index in [1.807, 2.05) is 49.2 Å². The van der Waals surface area contributed by atoms with Crippen LogP contribution in [0.15, 0.2) is 67.1 Å². The second-order valence-corrected chi connectivity index (χ2v) is 11.8. The molecule has 1 N–H and O–H groups in total. The van der Waals surface area contributed by atoms with Crippen molar-refractivity contribution in [3.63, 3.8) is 0 Å². The number of hydrogen-bond donors (Lipinski definition) is 1. The molecule has 11 nitrogen and oxygen atoms in total. The monoisotopic (exact) mass is 620 g/mol. The van der Waals surface area contributed by atoms with Crippen LogP contribution in [0.2, 0.25) is 0 Å². The quantitative estimate of drug-likeness (QED) is 0.296. The van der Waals surface area contributed by atoms with E-state index < -0.39 is 17.7 Å². The van der Waals surface area contributed by atoms with Gasteiger partial charge in [-0.25, -0.2) is 33.4 Å². The van der Waals surface area contributed by atoms with E-state index in [1.165, 1.54) is 23.1 Å². The molecule has 8 rings (SSSR count). The number of fused-ring (bicyclic) bond motifs is 6. The van der Waals surface area contributed by atoms with Crippen molar-refractivity contribution >= 4 is 39.6 Å². The Balaban J connectivity index is 1.20. The summed E-state index contributed by atoms with van der Waals surface area (Å²) in [6.45, 7) is 3.71. The van der Waals surface area contributed by atoms with E-state index >= 15 is 0 Å². The molecule has 1 amide bonds. The highest BCUT2D eigenvalue weighted by molar-refractivity contribution is 5.93. The highest BCUT2D eigenvalue weighted by Crippen LogP contribution is 2.34. The first-order chi connectivity index (χ1) is 22.4. The molecule has 0 saturated carbocycles. The van der Waals surface area contributed by atoms with E-state index in [0.717, 1.165) is 40.6 Å². The van der Waals surface area contributed by atoms with Crippen LogP contribution >= 0.6 is 0 Å². The number of carbonyl (C=O) groups excluding carboxylic acids is 1. The number of amides is 1. The lowest BCUT2D eigenvalue weighted by molar-refractivity contribution is -0.131. The lowest BCUT2D eigenvalue weighted by Crippen LogP contribution is -2.45. The molecule has 0 radical (unpaired) electrons. The Labute approximate surface area is 262 Å². The van der Waals surface area contributed by atoms with Crippen molar-refractivity contribution in [3.8, 4) is 16.9 Å². The molecule has 4 aromatic heterocycles. The number of halogens is 2. The van der Waals surface area contributed by atoms with Gasteiger partial charge in [-0.15, -0.1) is 0 Å². The van der Waals surface area contributed by atoms with E-state index in [9.17, 15) is 13.6 Å². The number of aromatic nitrogens is 7. The number of para-hydroxylation sites is 1. The van der Waals surface area contributed by atoms with Gasteiger partial charge in [-0.05, 0) is 50.1 Å². The van der Waals surface area contributed by atoms with Crippen LogP contribution < -0.4 is 10.2 Å². The average molecular weight is 621 g/mol. The molecule has 4 bridgehead atoms. The molecule has 6 aromatic rings. The molecular formula is C33H30F2N10O. The van der Waals surface area contributed by atoms with Crippen molar-refractivity contribution in [1.82, 2.24) is 39.2 Å². The Morgan fingerprint density at radius 3 is 2.74 bits per heavy atom. The third kappa shape index (κ3) is 4.61. The average Bonchev–Trinajstić information content (AvgIpc) is 3.75. The standard InChI is InChI=1S/C33H30F2N10O/c1-19-39-26-8-3-6-22-25-7-4-9-29(41-25)40-21-15-28(33(46)42(2)12-5-13-43(19)30(22)26)44(17-21)31-23-16-38-45(32(23)37-18-36-31)27-11-10-20(34)14-24(27)35/h3-4,6-11,14,16,18,21,28H,5,12-13,15,17H2,1-2H3,(H,40,41). The third-order valence-corrected chi connectivity index (χ3v) is 8.93. The van der Waals surface area contributed by atoms with Crippen molar-refractivity contribution in [1.29, 1.82) is 0 Å². The number of anilines is 2. The van der Waals surface area contributed by atoms with Gasteiger partial charge in [-0.3, -0.25) is 4.79 Å². The Hall–Kier alpha value is -5.46. The minimum Gasteiger partial charge on any atom is -0.365 e. The summed E-state index contributed by atoms with van der Waals surface area (Å²) >= 11 is 0. The molecule has 1 fully saturated rings. The fourth-order valence-corrected chi connectivity index (χ4v) is 6.79. The van der Waals surface area contributed by atoms with Crippen molar-refractivity contribution < 1.29 is 13.6 Å². The number of aryl methyl sites for hydroxylation is 2. The molecule has 2 atom stereocenters. The molecule has 1 saturated heterocycles. The number of carbonyl (C=O) groups is 1. The van der Waals surface area contributed by atoms with Crippen molar-refractivity contribution in [2.45, 2.75) is 38.4 Å². The number of likely N-dealkylation sites (N-methyl/N-ethyl adjacent to an activating group) is 1. The van der Waals surface area contributed by atoms with Crippen LogP contribution in [0, 0.1) is 18.6 Å². The number of pyridine rings is 1. The second kappa shape index (κ2) is 10.9. The molecule has 2 aliphatic rings. The summed E-state index contributed by atoms with van der Waals surface area (Å²) in [6.07, 6.45) is 4.19. The van der Waals surface area contributed by atoms with Gasteiger partial charge in [0.05, 0.1) is 28.3 Å². The lowest BCUT2D eigenvalue weighted by atomic mass is 10.1. The van der Waals surface area contributed by atoms with Crippen LogP contribution in [0.5, 0.6) is 0 Å². The first-order valence-corrected chi connectivity index (χ1v) is 15.2. The van der Waals surface area contributed by atoms with Gasteiger partial charge in [0, 0.05) is 44.4 Å². The minimum absolute atomic E-state index is 0.0301. The van der Waals surface area contributed by atoms with Crippen molar-refractivity contribution in [2.24, 2.45) is 0 Å². The van der Waals surface area contributed by atoms with Crippen LogP contribution in [0.4, 0.5) is 20.4 Å². The van der Waals surface area contributed by atoms with Gasteiger partial charge in [0.25, 0.3) is 0 Å². The number of nitrogens with one attached hydrogen (secondary N) is 1. The van der Waals surface area contributed by atoms with Crippen molar-refractivity contribution in [3.05, 3.63) is 84.6 Å². The van der Waals surface area contributed by atoms with Crippen LogP contribution in [0.3, 0.4) is 0 Å². The maximum Gasteiger partial charge on any atom is 0.245 e. The summed E-state index contributed by atoms with van der Waals surface area (Å²) in [5.41, 5.74) is 4.21. The molecule has 0 spiro atoms. The molecule has 0 aliphatic carbocycles. The Morgan fingerprint density at radius 1 is 1.00 bits per heavy atom. The van der Waals surface area contributed by atoms with Gasteiger partial charge < -0.3 is 19.7 Å². The third-order valence-electron chi connectivity index (χ3n) is 8.93. The molecule has 6 heterocycles. The fourth-order valence-electron chi connectivity index (χ4n) is 6.79. The second-order valence-electron chi connectivity index (χ2n) is 11.8. The van der Waals surface area contributed by atoms with Crippen LogP contribution in [0.25, 0.3) is 39.0 Å². The molecule has 2 aromatic carbocycles. The number of benzene rings is 2. The van der Waals surface area contributed by atoms with E-state index in [4.69, 9.17) is 9.97 Å². The Kier molecular flexibility index (Phi) is 6.62. The van der Waals surface area contributed by atoms with Crippen LogP contribution in [-0.2, 0) is 11.3 Å². The minimum atomic E-state index is -0.762. The zero-order chi connectivity index (χ0) is 31.5. The van der Waals surface area contributed by atoms with E-state index in [0.29, 0.717) is 48.7 Å². The summed E-state index contributed by atoms with van der Waals surface area (Å²) in [4.78, 5) is 36.7. The predicted octanol–water partition coefficient (Wildman–Crippen LogP) is 4.74. The number of rotatable bonds is 2. The largest absolute Gasteiger partial charge is 0.365 e. The van der Waals surface area contributed by atoms with Gasteiger partial charge in [0.15, 0.2) is 11.5 Å². The molecule has 46 heavy (non-hydrogen) atoms. The van der Waals surface area contributed by atoms with E-state index in [2.05, 4.69) is 31.0 Å². The summed E-state index contributed by atoms with van der Waals surface area (Å²) in [5.74, 6) is 0.654. The summed E-state index contributed by atoms with van der Waals surface area (Å²) in [5, 5.41) is 8.51. The smallest absolute Gasteiger partial charge is 0.245 e. The summed E-state index contributed by atoms with van der Waals surface area (Å²) < 4.78 is 31.9. The molecule has 2 unspecified atom stereocenters. The maximum absolute atomic E-state index is 14.7. The molecule has 2 aliphatic heterocycles. The normalized spacial score (nSPS) is 18.6. The Bertz CT molecular complexity index is 2140. The topological polar surface area (TPSA) is 110 Å². The Morgan fingerprint density at radius 2 is 1.87 bits per heavy atom. The van der Waals surface area contributed by atoms with Gasteiger partial charge in [-0.1, -0.05) is 18.2 Å². The number of hydrogen-bond acceptors (Lipinski definition) is 8. The fraction of sp³-hybridized carbons (Fsp3) is 0.273. The van der Waals surface area contributed by atoms with Gasteiger partial charge >= 0.3 is 0 Å². The highest BCUT2D eigenvalue weighted by atomic mass is 19.1. The highest BCUT2D eigenvalue weighted by Gasteiger charge is 2.40.